The SMILES string of the molecule is CC(C)(C)OC(=O)N1CCCC(C(=O)NCC(F)F)C1. The van der Waals surface area contributed by atoms with Crippen LogP contribution in [-0.4, -0.2) is 48.6 Å². The maximum absolute atomic E-state index is 12.1. The summed E-state index contributed by atoms with van der Waals surface area (Å²) in [6.07, 6.45) is -1.78. The van der Waals surface area contributed by atoms with Gasteiger partial charge in [0.1, 0.15) is 5.60 Å². The molecule has 0 aromatic rings. The van der Waals surface area contributed by atoms with Crippen molar-refractivity contribution >= 4 is 12.0 Å². The quantitative estimate of drug-likeness (QED) is 0.865. The van der Waals surface area contributed by atoms with Crippen LogP contribution >= 0.6 is 0 Å². The maximum Gasteiger partial charge on any atom is 0.410 e. The lowest BCUT2D eigenvalue weighted by atomic mass is 9.97. The van der Waals surface area contributed by atoms with Gasteiger partial charge in [0.2, 0.25) is 5.91 Å². The minimum Gasteiger partial charge on any atom is -0.444 e. The molecule has 1 aliphatic rings. The first kappa shape index (κ1) is 16.7. The van der Waals surface area contributed by atoms with Gasteiger partial charge < -0.3 is 15.0 Å². The van der Waals surface area contributed by atoms with E-state index in [1.54, 1.807) is 20.8 Å². The van der Waals surface area contributed by atoms with Crippen molar-refractivity contribution < 1.29 is 23.1 Å². The summed E-state index contributed by atoms with van der Waals surface area (Å²) in [4.78, 5) is 25.1. The molecule has 0 radical (unpaired) electrons. The molecular formula is C13H22F2N2O3. The Labute approximate surface area is 117 Å². The highest BCUT2D eigenvalue weighted by Crippen LogP contribution is 2.19. The molecule has 0 aliphatic carbocycles. The molecule has 7 heteroatoms. The summed E-state index contributed by atoms with van der Waals surface area (Å²) in [5.41, 5.74) is -0.595. The van der Waals surface area contributed by atoms with Gasteiger partial charge in [-0.25, -0.2) is 13.6 Å². The van der Waals surface area contributed by atoms with Crippen LogP contribution in [0.3, 0.4) is 0 Å². The van der Waals surface area contributed by atoms with Crippen molar-refractivity contribution in [3.05, 3.63) is 0 Å². The van der Waals surface area contributed by atoms with Crippen LogP contribution in [0.25, 0.3) is 0 Å². The highest BCUT2D eigenvalue weighted by molar-refractivity contribution is 5.80. The first-order valence-electron chi connectivity index (χ1n) is 6.73. The number of nitrogens with zero attached hydrogens (tertiary/aromatic N) is 1. The zero-order chi connectivity index (χ0) is 15.3. The Morgan fingerprint density at radius 2 is 2.05 bits per heavy atom. The molecule has 5 nitrogen and oxygen atoms in total. The molecule has 0 saturated carbocycles. The zero-order valence-corrected chi connectivity index (χ0v) is 12.1. The number of amides is 2. The van der Waals surface area contributed by atoms with Crippen molar-refractivity contribution in [2.75, 3.05) is 19.6 Å². The third kappa shape index (κ3) is 5.71. The van der Waals surface area contributed by atoms with E-state index in [1.165, 1.54) is 4.90 Å². The third-order valence-corrected chi connectivity index (χ3v) is 2.87. The number of halogens is 2. The number of hydrogen-bond donors (Lipinski definition) is 1. The molecule has 0 bridgehead atoms. The van der Waals surface area contributed by atoms with E-state index in [1.807, 2.05) is 0 Å². The third-order valence-electron chi connectivity index (χ3n) is 2.87. The van der Waals surface area contributed by atoms with E-state index >= 15 is 0 Å². The van der Waals surface area contributed by atoms with Gasteiger partial charge in [0.05, 0.1) is 12.5 Å². The smallest absolute Gasteiger partial charge is 0.410 e. The lowest BCUT2D eigenvalue weighted by molar-refractivity contribution is -0.127. The van der Waals surface area contributed by atoms with Gasteiger partial charge in [-0.05, 0) is 33.6 Å². The number of carbonyl (C=O) groups excluding carboxylic acids is 2. The topological polar surface area (TPSA) is 58.6 Å². The van der Waals surface area contributed by atoms with E-state index in [-0.39, 0.29) is 6.54 Å². The van der Waals surface area contributed by atoms with Gasteiger partial charge in [-0.1, -0.05) is 0 Å². The van der Waals surface area contributed by atoms with E-state index in [0.717, 1.165) is 0 Å². The Hall–Kier alpha value is -1.40. The molecule has 1 unspecified atom stereocenters. The summed E-state index contributed by atoms with van der Waals surface area (Å²) in [5.74, 6) is -0.881. The predicted molar refractivity (Wildman–Crippen MR) is 69.5 cm³/mol. The molecule has 1 N–H and O–H groups in total. The summed E-state index contributed by atoms with van der Waals surface area (Å²) in [6.45, 7) is 5.38. The lowest BCUT2D eigenvalue weighted by Gasteiger charge is -2.33. The average Bonchev–Trinajstić information content (AvgIpc) is 2.34. The van der Waals surface area contributed by atoms with Gasteiger partial charge >= 0.3 is 6.09 Å². The molecule has 2 amide bonds. The van der Waals surface area contributed by atoms with Crippen LogP contribution in [0, 0.1) is 5.92 Å². The standard InChI is InChI=1S/C13H22F2N2O3/c1-13(2,3)20-12(19)17-6-4-5-9(8-17)11(18)16-7-10(14)15/h9-10H,4-8H2,1-3H3,(H,16,18). The van der Waals surface area contributed by atoms with E-state index in [4.69, 9.17) is 4.74 Å². The zero-order valence-electron chi connectivity index (χ0n) is 12.1. The summed E-state index contributed by atoms with van der Waals surface area (Å²) >= 11 is 0. The molecule has 1 aliphatic heterocycles. The van der Waals surface area contributed by atoms with Crippen LogP contribution in [0.5, 0.6) is 0 Å². The fourth-order valence-corrected chi connectivity index (χ4v) is 2.01. The van der Waals surface area contributed by atoms with Crippen molar-refractivity contribution in [1.29, 1.82) is 0 Å². The van der Waals surface area contributed by atoms with Crippen molar-refractivity contribution in [2.45, 2.75) is 45.6 Å². The number of ether oxygens (including phenoxy) is 1. The van der Waals surface area contributed by atoms with Crippen molar-refractivity contribution in [3.63, 3.8) is 0 Å². The number of alkyl halides is 2. The number of likely N-dealkylation sites (tertiary alicyclic amines) is 1. The number of hydrogen-bond acceptors (Lipinski definition) is 3. The van der Waals surface area contributed by atoms with E-state index < -0.39 is 36.5 Å². The predicted octanol–water partition coefficient (Wildman–Crippen LogP) is 2.01. The van der Waals surface area contributed by atoms with Crippen LogP contribution in [0.1, 0.15) is 33.6 Å². The largest absolute Gasteiger partial charge is 0.444 e. The number of piperidine rings is 1. The molecule has 1 atom stereocenters. The minimum absolute atomic E-state index is 0.212. The molecular weight excluding hydrogens is 270 g/mol. The van der Waals surface area contributed by atoms with E-state index in [0.29, 0.717) is 19.4 Å². The van der Waals surface area contributed by atoms with Gasteiger partial charge in [-0.15, -0.1) is 0 Å². The molecule has 116 valence electrons. The first-order chi connectivity index (χ1) is 9.19. The van der Waals surface area contributed by atoms with Crippen LogP contribution in [0.2, 0.25) is 0 Å². The lowest BCUT2D eigenvalue weighted by Crippen LogP contribution is -2.47. The molecule has 1 heterocycles. The molecule has 0 aromatic heterocycles. The number of carbonyl (C=O) groups is 2. The first-order valence-corrected chi connectivity index (χ1v) is 6.73. The highest BCUT2D eigenvalue weighted by Gasteiger charge is 2.31. The van der Waals surface area contributed by atoms with Crippen LogP contribution in [0.4, 0.5) is 13.6 Å². The summed E-state index contributed by atoms with van der Waals surface area (Å²) < 4.78 is 29.3. The van der Waals surface area contributed by atoms with Crippen LogP contribution < -0.4 is 5.32 Å². The van der Waals surface area contributed by atoms with Gasteiger partial charge in [0.25, 0.3) is 6.43 Å². The summed E-state index contributed by atoms with van der Waals surface area (Å²) in [6, 6.07) is 0. The molecule has 1 saturated heterocycles. The summed E-state index contributed by atoms with van der Waals surface area (Å²) in [7, 11) is 0. The van der Waals surface area contributed by atoms with Crippen molar-refractivity contribution in [2.24, 2.45) is 5.92 Å². The fourth-order valence-electron chi connectivity index (χ4n) is 2.01. The van der Waals surface area contributed by atoms with Gasteiger partial charge in [-0.2, -0.15) is 0 Å². The van der Waals surface area contributed by atoms with Crippen molar-refractivity contribution in [3.8, 4) is 0 Å². The summed E-state index contributed by atoms with van der Waals surface area (Å²) in [5, 5.41) is 2.19. The Morgan fingerprint density at radius 1 is 1.40 bits per heavy atom. The second kappa shape index (κ2) is 6.85. The second-order valence-electron chi connectivity index (χ2n) is 5.90. The maximum atomic E-state index is 12.1. The molecule has 20 heavy (non-hydrogen) atoms. The highest BCUT2D eigenvalue weighted by atomic mass is 19.3. The average molecular weight is 292 g/mol. The minimum atomic E-state index is -2.57. The molecule has 0 spiro atoms. The van der Waals surface area contributed by atoms with Gasteiger partial charge in [0, 0.05) is 13.1 Å². The monoisotopic (exact) mass is 292 g/mol. The number of rotatable bonds is 3. The fraction of sp³-hybridized carbons (Fsp3) is 0.846. The Bertz CT molecular complexity index is 356. The second-order valence-corrected chi connectivity index (χ2v) is 5.90. The molecule has 0 aromatic carbocycles. The van der Waals surface area contributed by atoms with Gasteiger partial charge in [-0.3, -0.25) is 4.79 Å². The van der Waals surface area contributed by atoms with Gasteiger partial charge in [0.15, 0.2) is 0 Å². The molecule has 1 rings (SSSR count). The van der Waals surface area contributed by atoms with E-state index in [2.05, 4.69) is 5.32 Å². The van der Waals surface area contributed by atoms with Crippen molar-refractivity contribution in [1.82, 2.24) is 10.2 Å². The Kier molecular flexibility index (Phi) is 5.71. The van der Waals surface area contributed by atoms with Crippen LogP contribution in [-0.2, 0) is 9.53 Å². The number of nitrogens with one attached hydrogen (secondary N) is 1. The van der Waals surface area contributed by atoms with E-state index in [9.17, 15) is 18.4 Å². The van der Waals surface area contributed by atoms with Crippen LogP contribution in [0.15, 0.2) is 0 Å². The normalized spacial score (nSPS) is 19.9. The molecule has 1 fully saturated rings. The Morgan fingerprint density at radius 3 is 2.60 bits per heavy atom. The Balaban J connectivity index is 2.49.